The van der Waals surface area contributed by atoms with Gasteiger partial charge in [0.2, 0.25) is 5.91 Å². The third-order valence-corrected chi connectivity index (χ3v) is 7.20. The van der Waals surface area contributed by atoms with Crippen molar-refractivity contribution >= 4 is 33.2 Å². The lowest BCUT2D eigenvalue weighted by Gasteiger charge is -2.25. The first kappa shape index (κ1) is 17.9. The van der Waals surface area contributed by atoms with E-state index in [2.05, 4.69) is 12.1 Å². The van der Waals surface area contributed by atoms with Gasteiger partial charge in [-0.05, 0) is 37.1 Å². The van der Waals surface area contributed by atoms with E-state index in [0.717, 1.165) is 15.3 Å². The molecule has 132 valence electrons. The Balaban J connectivity index is 1.69. The Hall–Kier alpha value is -1.92. The summed E-state index contributed by atoms with van der Waals surface area (Å²) in [6, 6.07) is 14.0. The average molecular weight is 376 g/mol. The van der Waals surface area contributed by atoms with E-state index in [0.29, 0.717) is 13.0 Å². The number of rotatable bonds is 5. The Morgan fingerprint density at radius 3 is 2.64 bits per heavy atom. The second kappa shape index (κ2) is 7.54. The zero-order chi connectivity index (χ0) is 17.9. The number of hydrogen-bond acceptors (Lipinski definition) is 4. The number of hydrogen-bond donors (Lipinski definition) is 0. The molecule has 1 unspecified atom stereocenters. The van der Waals surface area contributed by atoms with E-state index in [4.69, 9.17) is 0 Å². The number of thiophene rings is 1. The van der Waals surface area contributed by atoms with Crippen molar-refractivity contribution in [3.8, 4) is 10.4 Å². The van der Waals surface area contributed by atoms with Crippen LogP contribution in [0.4, 0.5) is 0 Å². The van der Waals surface area contributed by atoms with Gasteiger partial charge in [-0.1, -0.05) is 30.3 Å². The van der Waals surface area contributed by atoms with E-state index in [9.17, 15) is 13.2 Å². The molecule has 1 aromatic carbocycles. The van der Waals surface area contributed by atoms with Crippen LogP contribution in [0.3, 0.4) is 0 Å². The maximum atomic E-state index is 12.5. The molecule has 6 heteroatoms. The van der Waals surface area contributed by atoms with Gasteiger partial charge in [-0.25, -0.2) is 8.42 Å². The molecule has 1 aliphatic heterocycles. The highest BCUT2D eigenvalue weighted by Gasteiger charge is 2.33. The standard InChI is InChI=1S/C19H21NO3S2/c1-2-20(16-12-13-25(22,23)14-16)19(21)11-9-17-8-10-18(24-17)15-6-4-3-5-7-15/h3-11,16H,2,12-14H2,1H3. The minimum atomic E-state index is -2.99. The lowest BCUT2D eigenvalue weighted by molar-refractivity contribution is -0.127. The van der Waals surface area contributed by atoms with Gasteiger partial charge in [0.1, 0.15) is 0 Å². The summed E-state index contributed by atoms with van der Waals surface area (Å²) in [7, 11) is -2.99. The van der Waals surface area contributed by atoms with Crippen LogP contribution in [-0.2, 0) is 14.6 Å². The summed E-state index contributed by atoms with van der Waals surface area (Å²) in [5.74, 6) is 0.132. The average Bonchev–Trinajstić information content (AvgIpc) is 3.21. The summed E-state index contributed by atoms with van der Waals surface area (Å²) in [4.78, 5) is 16.3. The number of nitrogens with zero attached hydrogens (tertiary/aromatic N) is 1. The zero-order valence-corrected chi connectivity index (χ0v) is 15.7. The molecule has 1 atom stereocenters. The molecule has 0 N–H and O–H groups in total. The Kier molecular flexibility index (Phi) is 5.39. The molecule has 2 aromatic rings. The Bertz CT molecular complexity index is 869. The second-order valence-corrected chi connectivity index (χ2v) is 9.43. The summed E-state index contributed by atoms with van der Waals surface area (Å²) in [6.07, 6.45) is 3.90. The summed E-state index contributed by atoms with van der Waals surface area (Å²) in [6.45, 7) is 2.40. The molecule has 0 bridgehead atoms. The van der Waals surface area contributed by atoms with Gasteiger partial charge < -0.3 is 4.90 Å². The van der Waals surface area contributed by atoms with Crippen molar-refractivity contribution in [2.45, 2.75) is 19.4 Å². The first-order valence-corrected chi connectivity index (χ1v) is 11.0. The summed E-state index contributed by atoms with van der Waals surface area (Å²) in [5.41, 5.74) is 1.16. The Morgan fingerprint density at radius 2 is 2.00 bits per heavy atom. The lowest BCUT2D eigenvalue weighted by Crippen LogP contribution is -2.39. The highest BCUT2D eigenvalue weighted by atomic mass is 32.2. The van der Waals surface area contributed by atoms with Crippen molar-refractivity contribution < 1.29 is 13.2 Å². The van der Waals surface area contributed by atoms with Crippen LogP contribution in [0, 0.1) is 0 Å². The topological polar surface area (TPSA) is 54.5 Å². The molecular weight excluding hydrogens is 354 g/mol. The van der Waals surface area contributed by atoms with Crippen molar-refractivity contribution in [3.63, 3.8) is 0 Å². The lowest BCUT2D eigenvalue weighted by atomic mass is 10.2. The molecule has 1 amide bonds. The van der Waals surface area contributed by atoms with Crippen LogP contribution in [0.5, 0.6) is 0 Å². The minimum absolute atomic E-state index is 0.0809. The Labute approximate surface area is 152 Å². The van der Waals surface area contributed by atoms with Gasteiger partial charge >= 0.3 is 0 Å². The molecule has 2 heterocycles. The van der Waals surface area contributed by atoms with Crippen LogP contribution in [0.25, 0.3) is 16.5 Å². The fraction of sp³-hybridized carbons (Fsp3) is 0.316. The molecule has 1 fully saturated rings. The van der Waals surface area contributed by atoms with E-state index in [1.807, 2.05) is 43.3 Å². The SMILES string of the molecule is CCN(C(=O)C=Cc1ccc(-c2ccccc2)s1)C1CCS(=O)(=O)C1. The zero-order valence-electron chi connectivity index (χ0n) is 14.1. The predicted molar refractivity (Wildman–Crippen MR) is 103 cm³/mol. The van der Waals surface area contributed by atoms with Gasteiger partial charge in [-0.3, -0.25) is 4.79 Å². The number of sulfone groups is 1. The summed E-state index contributed by atoms with van der Waals surface area (Å²) < 4.78 is 23.3. The number of carbonyl (C=O) groups is 1. The van der Waals surface area contributed by atoms with Crippen LogP contribution >= 0.6 is 11.3 Å². The molecule has 0 radical (unpaired) electrons. The number of benzene rings is 1. The van der Waals surface area contributed by atoms with Crippen LogP contribution in [0.2, 0.25) is 0 Å². The van der Waals surface area contributed by atoms with Crippen molar-refractivity contribution in [2.75, 3.05) is 18.1 Å². The van der Waals surface area contributed by atoms with Crippen LogP contribution in [0.1, 0.15) is 18.2 Å². The first-order chi connectivity index (χ1) is 12.0. The number of likely N-dealkylation sites (N-methyl/N-ethyl adjacent to an activating group) is 1. The van der Waals surface area contributed by atoms with Gasteiger partial charge in [-0.2, -0.15) is 0 Å². The van der Waals surface area contributed by atoms with Gasteiger partial charge in [0.15, 0.2) is 9.84 Å². The highest BCUT2D eigenvalue weighted by Crippen LogP contribution is 2.28. The van der Waals surface area contributed by atoms with Gasteiger partial charge in [0, 0.05) is 28.4 Å². The highest BCUT2D eigenvalue weighted by molar-refractivity contribution is 7.91. The van der Waals surface area contributed by atoms with Crippen molar-refractivity contribution in [2.24, 2.45) is 0 Å². The minimum Gasteiger partial charge on any atom is -0.335 e. The first-order valence-electron chi connectivity index (χ1n) is 8.33. The summed E-state index contributed by atoms with van der Waals surface area (Å²) in [5, 5.41) is 0. The molecule has 1 saturated heterocycles. The molecule has 1 aliphatic rings. The smallest absolute Gasteiger partial charge is 0.246 e. The monoisotopic (exact) mass is 375 g/mol. The van der Waals surface area contributed by atoms with Crippen LogP contribution in [-0.4, -0.2) is 43.3 Å². The predicted octanol–water partition coefficient (Wildman–Crippen LogP) is 3.46. The van der Waals surface area contributed by atoms with Crippen molar-refractivity contribution in [3.05, 3.63) is 53.4 Å². The summed E-state index contributed by atoms with van der Waals surface area (Å²) >= 11 is 1.63. The molecule has 0 spiro atoms. The molecule has 25 heavy (non-hydrogen) atoms. The van der Waals surface area contributed by atoms with E-state index in [1.54, 1.807) is 22.3 Å². The normalized spacial score (nSPS) is 19.3. The third-order valence-electron chi connectivity index (χ3n) is 4.35. The quantitative estimate of drug-likeness (QED) is 0.752. The maximum absolute atomic E-state index is 12.5. The third kappa shape index (κ3) is 4.38. The molecular formula is C19H21NO3S2. The Morgan fingerprint density at radius 1 is 1.24 bits per heavy atom. The fourth-order valence-corrected chi connectivity index (χ4v) is 5.71. The molecule has 0 saturated carbocycles. The molecule has 1 aromatic heterocycles. The largest absolute Gasteiger partial charge is 0.335 e. The van der Waals surface area contributed by atoms with Crippen molar-refractivity contribution in [1.29, 1.82) is 0 Å². The fourth-order valence-electron chi connectivity index (χ4n) is 3.06. The number of amides is 1. The van der Waals surface area contributed by atoms with Gasteiger partial charge in [-0.15, -0.1) is 11.3 Å². The van der Waals surface area contributed by atoms with Gasteiger partial charge in [0.25, 0.3) is 0 Å². The van der Waals surface area contributed by atoms with Gasteiger partial charge in [0.05, 0.1) is 11.5 Å². The van der Waals surface area contributed by atoms with E-state index >= 15 is 0 Å². The van der Waals surface area contributed by atoms with E-state index in [-0.39, 0.29) is 23.5 Å². The second-order valence-electron chi connectivity index (χ2n) is 6.08. The molecule has 3 rings (SSSR count). The van der Waals surface area contributed by atoms with E-state index < -0.39 is 9.84 Å². The molecule has 0 aliphatic carbocycles. The number of carbonyl (C=O) groups excluding carboxylic acids is 1. The molecule has 4 nitrogen and oxygen atoms in total. The van der Waals surface area contributed by atoms with Crippen LogP contribution < -0.4 is 0 Å². The van der Waals surface area contributed by atoms with E-state index in [1.165, 1.54) is 0 Å². The van der Waals surface area contributed by atoms with Crippen molar-refractivity contribution in [1.82, 2.24) is 4.90 Å². The maximum Gasteiger partial charge on any atom is 0.246 e. The van der Waals surface area contributed by atoms with Crippen LogP contribution in [0.15, 0.2) is 48.5 Å².